The minimum Gasteiger partial charge on any atom is -0.539 e. The van der Waals surface area contributed by atoms with Gasteiger partial charge in [0.25, 0.3) is 0 Å². The number of hydrogen-bond donors (Lipinski definition) is 6. The van der Waals surface area contributed by atoms with E-state index in [1.54, 1.807) is 0 Å². The Morgan fingerprint density at radius 1 is 0.640 bits per heavy atom. The Kier molecular flexibility index (Phi) is 30.6. The Labute approximate surface area is 139 Å². The highest BCUT2D eigenvalue weighted by Gasteiger charge is 1.91. The molecule has 0 aliphatic heterocycles. The molecule has 0 bridgehead atoms. The molecule has 0 rings (SSSR count). The molecule has 15 nitrogen and oxygen atoms in total. The summed E-state index contributed by atoms with van der Waals surface area (Å²) in [5.74, 6) is -9.56. The van der Waals surface area contributed by atoms with Crippen molar-refractivity contribution in [2.75, 3.05) is 13.1 Å². The maximum Gasteiger partial charge on any atom is 0.351 e. The molecule has 0 spiro atoms. The second-order valence-corrected chi connectivity index (χ2v) is 3.18. The molecule has 0 aromatic heterocycles. The molecule has 148 valence electrons. The lowest BCUT2D eigenvalue weighted by Gasteiger charge is -1.85. The molecule has 0 saturated heterocycles. The fraction of sp³-hybridized carbons (Fsp3) is 0.400. The van der Waals surface area contributed by atoms with Gasteiger partial charge in [-0.25, -0.2) is 9.59 Å². The van der Waals surface area contributed by atoms with Gasteiger partial charge in [0.2, 0.25) is 0 Å². The second kappa shape index (κ2) is 23.0. The Balaban J connectivity index is -0.0000000702. The average molecular weight is 376 g/mol. The smallest absolute Gasteiger partial charge is 0.351 e. The van der Waals surface area contributed by atoms with Gasteiger partial charge < -0.3 is 57.2 Å². The van der Waals surface area contributed by atoms with Gasteiger partial charge in [0.1, 0.15) is 0 Å². The minimum absolute atomic E-state index is 0. The van der Waals surface area contributed by atoms with Crippen LogP contribution in [0.3, 0.4) is 0 Å². The highest BCUT2D eigenvalue weighted by Crippen LogP contribution is 1.66. The van der Waals surface area contributed by atoms with E-state index in [1.165, 1.54) is 0 Å². The highest BCUT2D eigenvalue weighted by atomic mass is 16.4. The van der Waals surface area contributed by atoms with Crippen LogP contribution in [0.25, 0.3) is 0 Å². The molecule has 15 heteroatoms. The van der Waals surface area contributed by atoms with Crippen LogP contribution in [0, 0.1) is 0 Å². The summed E-state index contributed by atoms with van der Waals surface area (Å²) in [6, 6.07) is 0. The van der Waals surface area contributed by atoms with Gasteiger partial charge in [-0.15, -0.1) is 0 Å². The van der Waals surface area contributed by atoms with Crippen LogP contribution in [0.4, 0.5) is 0 Å². The van der Waals surface area contributed by atoms with Crippen LogP contribution in [-0.2, 0) is 28.8 Å². The number of quaternary nitrogens is 2. The SMILES string of the molecule is O.O=C([O-])C(=O)O.O=C([O-])C(=O)O.[NH3+]CCC(=O)O.[NH3+]CCC(=O)O. The van der Waals surface area contributed by atoms with Gasteiger partial charge in [0.15, 0.2) is 11.9 Å². The molecule has 0 atom stereocenters. The summed E-state index contributed by atoms with van der Waals surface area (Å²) in [6.45, 7) is 0.963. The highest BCUT2D eigenvalue weighted by molar-refractivity contribution is 6.26. The van der Waals surface area contributed by atoms with E-state index < -0.39 is 35.8 Å². The van der Waals surface area contributed by atoms with Crippen LogP contribution in [-0.4, -0.2) is 74.8 Å². The lowest BCUT2D eigenvalue weighted by atomic mass is 10.5. The predicted molar refractivity (Wildman–Crippen MR) is 68.9 cm³/mol. The number of carboxylic acids is 6. The number of hydrogen-bond acceptors (Lipinski definition) is 8. The van der Waals surface area contributed by atoms with E-state index in [9.17, 15) is 9.59 Å². The zero-order chi connectivity index (χ0) is 20.3. The maximum absolute atomic E-state index is 9.56. The van der Waals surface area contributed by atoms with Crippen LogP contribution in [0.2, 0.25) is 0 Å². The molecule has 0 aromatic carbocycles. The molecule has 0 fully saturated rings. The fourth-order valence-corrected chi connectivity index (χ4v) is 0.302. The van der Waals surface area contributed by atoms with E-state index >= 15 is 0 Å². The van der Waals surface area contributed by atoms with Crippen molar-refractivity contribution in [2.45, 2.75) is 12.8 Å². The maximum atomic E-state index is 9.56. The van der Waals surface area contributed by atoms with Gasteiger partial charge in [-0.1, -0.05) is 0 Å². The van der Waals surface area contributed by atoms with Crippen LogP contribution in [0.1, 0.15) is 12.8 Å². The van der Waals surface area contributed by atoms with Crippen molar-refractivity contribution >= 4 is 35.8 Å². The topological polar surface area (TPSA) is 316 Å². The molecule has 0 unspecified atom stereocenters. The largest absolute Gasteiger partial charge is 0.539 e. The first-order valence-electron chi connectivity index (χ1n) is 5.73. The van der Waals surface area contributed by atoms with Gasteiger partial charge in [-0.05, 0) is 0 Å². The molecule has 0 saturated carbocycles. The number of carbonyl (C=O) groups excluding carboxylic acids is 2. The molecule has 25 heavy (non-hydrogen) atoms. The summed E-state index contributed by atoms with van der Waals surface area (Å²) in [7, 11) is 0. The number of aliphatic carboxylic acids is 6. The van der Waals surface area contributed by atoms with Crippen molar-refractivity contribution in [1.82, 2.24) is 0 Å². The minimum atomic E-state index is -2.07. The monoisotopic (exact) mass is 376 g/mol. The lowest BCUT2D eigenvalue weighted by molar-refractivity contribution is -0.367. The van der Waals surface area contributed by atoms with Crippen molar-refractivity contribution in [3.05, 3.63) is 0 Å². The summed E-state index contributed by atoms with van der Waals surface area (Å²) in [5.41, 5.74) is 6.69. The summed E-state index contributed by atoms with van der Waals surface area (Å²) < 4.78 is 0. The summed E-state index contributed by atoms with van der Waals surface area (Å²) in [6.07, 6.45) is 0.361. The molecule has 0 heterocycles. The third-order valence-corrected chi connectivity index (χ3v) is 1.13. The number of rotatable bonds is 4. The third-order valence-electron chi connectivity index (χ3n) is 1.13. The van der Waals surface area contributed by atoms with Crippen molar-refractivity contribution in [1.29, 1.82) is 0 Å². The zero-order valence-electron chi connectivity index (χ0n) is 12.8. The van der Waals surface area contributed by atoms with E-state index in [4.69, 9.17) is 49.8 Å². The Bertz CT molecular complexity index is 371. The molecule has 12 N–H and O–H groups in total. The van der Waals surface area contributed by atoms with Crippen molar-refractivity contribution < 1.29 is 76.3 Å². The molecule has 0 aliphatic rings. The Hall–Kier alpha value is -3.30. The van der Waals surface area contributed by atoms with E-state index in [-0.39, 0.29) is 18.3 Å². The average Bonchev–Trinajstić information content (AvgIpc) is 2.40. The van der Waals surface area contributed by atoms with Gasteiger partial charge in [-0.3, -0.25) is 9.59 Å². The molecule has 0 aliphatic carbocycles. The first kappa shape index (κ1) is 33.3. The summed E-state index contributed by atoms with van der Waals surface area (Å²) in [5, 5.41) is 48.4. The summed E-state index contributed by atoms with van der Waals surface area (Å²) >= 11 is 0. The standard InChI is InChI=1S/2C3H7NO2.2C2H2O4.H2O/c2*4-2-1-3(5)6;2*3-1(4)2(5)6;/h2*1-2,4H2,(H,5,6);2*(H,3,4)(H,5,6);1H2. The fourth-order valence-electron chi connectivity index (χ4n) is 0.302. The van der Waals surface area contributed by atoms with E-state index in [0.29, 0.717) is 13.1 Å². The van der Waals surface area contributed by atoms with E-state index in [0.717, 1.165) is 0 Å². The molecular weight excluding hydrogens is 356 g/mol. The Morgan fingerprint density at radius 2 is 0.800 bits per heavy atom. The Morgan fingerprint density at radius 3 is 0.800 bits per heavy atom. The van der Waals surface area contributed by atoms with Gasteiger partial charge in [-0.2, -0.15) is 0 Å². The molecule has 0 radical (unpaired) electrons. The first-order valence-corrected chi connectivity index (χ1v) is 5.73. The van der Waals surface area contributed by atoms with Gasteiger partial charge in [0.05, 0.1) is 25.9 Å². The third kappa shape index (κ3) is 63.2. The normalized spacial score (nSPS) is 7.44. The van der Waals surface area contributed by atoms with Crippen molar-refractivity contribution in [3.8, 4) is 0 Å². The molecule has 0 amide bonds. The van der Waals surface area contributed by atoms with E-state index in [1.807, 2.05) is 0 Å². The lowest BCUT2D eigenvalue weighted by Crippen LogP contribution is -2.50. The summed E-state index contributed by atoms with van der Waals surface area (Å²) in [4.78, 5) is 55.2. The second-order valence-electron chi connectivity index (χ2n) is 3.18. The van der Waals surface area contributed by atoms with Crippen LogP contribution in [0.5, 0.6) is 0 Å². The van der Waals surface area contributed by atoms with Gasteiger partial charge >= 0.3 is 23.9 Å². The van der Waals surface area contributed by atoms with Gasteiger partial charge in [0, 0.05) is 0 Å². The van der Waals surface area contributed by atoms with E-state index in [2.05, 4.69) is 11.5 Å². The zero-order valence-corrected chi connectivity index (χ0v) is 12.8. The molecular formula is C10H20N2O13. The number of carbonyl (C=O) groups is 6. The van der Waals surface area contributed by atoms with Crippen molar-refractivity contribution in [2.24, 2.45) is 0 Å². The van der Waals surface area contributed by atoms with Crippen LogP contribution < -0.4 is 21.7 Å². The quantitative estimate of drug-likeness (QED) is 0.249. The van der Waals surface area contributed by atoms with Crippen molar-refractivity contribution in [3.63, 3.8) is 0 Å². The van der Waals surface area contributed by atoms with Crippen LogP contribution in [0.15, 0.2) is 0 Å². The van der Waals surface area contributed by atoms with Crippen LogP contribution >= 0.6 is 0 Å². The first-order chi connectivity index (χ1) is 10.8. The number of carboxylic acid groups (broad SMARTS) is 6. The predicted octanol–water partition coefficient (Wildman–Crippen LogP) is -7.78. The molecule has 0 aromatic rings.